The van der Waals surface area contributed by atoms with Gasteiger partial charge in [-0.15, -0.1) is 0 Å². The van der Waals surface area contributed by atoms with Crippen molar-refractivity contribution in [3.05, 3.63) is 47.2 Å². The van der Waals surface area contributed by atoms with Crippen molar-refractivity contribution in [1.82, 2.24) is 9.77 Å². The second-order valence-electron chi connectivity index (χ2n) is 4.08. The first-order chi connectivity index (χ1) is 9.20. The number of nitrogens with zero attached hydrogens (tertiary/aromatic N) is 2. The molecule has 0 spiro atoms. The van der Waals surface area contributed by atoms with Gasteiger partial charge >= 0.3 is 0 Å². The normalized spacial score (nSPS) is 10.9. The highest BCUT2D eigenvalue weighted by molar-refractivity contribution is 9.10. The lowest BCUT2D eigenvalue weighted by atomic mass is 10.1. The Morgan fingerprint density at radius 1 is 1.26 bits per heavy atom. The lowest BCUT2D eigenvalue weighted by Gasteiger charge is -2.06. The van der Waals surface area contributed by atoms with Crippen molar-refractivity contribution in [2.24, 2.45) is 0 Å². The molecule has 0 fully saturated rings. The Bertz CT molecular complexity index is 754. The first-order valence-corrected chi connectivity index (χ1v) is 6.46. The second-order valence-corrected chi connectivity index (χ2v) is 4.99. The number of hydrogen-bond acceptors (Lipinski definition) is 2. The van der Waals surface area contributed by atoms with E-state index in [1.54, 1.807) is 13.3 Å². The number of pyridine rings is 1. The number of aromatic nitrogens is 2. The van der Waals surface area contributed by atoms with E-state index in [2.05, 4.69) is 20.9 Å². The zero-order valence-electron chi connectivity index (χ0n) is 10.1. The van der Waals surface area contributed by atoms with Gasteiger partial charge < -0.3 is 4.74 Å². The van der Waals surface area contributed by atoms with E-state index < -0.39 is 0 Å². The van der Waals surface area contributed by atoms with Gasteiger partial charge in [-0.2, -0.15) is 4.79 Å². The molecular weight excluding hydrogens is 311 g/mol. The van der Waals surface area contributed by atoms with E-state index in [4.69, 9.17) is 4.74 Å². The molecule has 0 saturated carbocycles. The number of fused-ring (bicyclic) bond motifs is 1. The van der Waals surface area contributed by atoms with Gasteiger partial charge in [0.15, 0.2) is 5.65 Å². The number of methoxy groups -OCH3 is 1. The van der Waals surface area contributed by atoms with Crippen LogP contribution in [0, 0.1) is 0 Å². The van der Waals surface area contributed by atoms with Crippen LogP contribution in [0.4, 0.5) is 4.48 Å². The topological polar surface area (TPSA) is 27.1 Å². The van der Waals surface area contributed by atoms with E-state index >= 15 is 0 Å². The maximum atomic E-state index is 13.9. The highest BCUT2D eigenvalue weighted by Gasteiger charge is 2.14. The molecule has 0 saturated heterocycles. The standard InChI is InChI=1S/C14H10BrFN2O/c1-19-13-5-3-2-4-10(13)12-8-18(16)14-11(12)6-9(15)7-17-14/h2-8H,1H3. The number of rotatable bonds is 2. The molecule has 2 heterocycles. The summed E-state index contributed by atoms with van der Waals surface area (Å²) in [6.45, 7) is 0. The fraction of sp³-hybridized carbons (Fsp3) is 0.0714. The van der Waals surface area contributed by atoms with Crippen LogP contribution in [0.2, 0.25) is 0 Å². The van der Waals surface area contributed by atoms with Crippen LogP contribution >= 0.6 is 15.9 Å². The van der Waals surface area contributed by atoms with Crippen molar-refractivity contribution in [3.8, 4) is 16.9 Å². The fourth-order valence-corrected chi connectivity index (χ4v) is 2.46. The molecule has 2 aromatic heterocycles. The van der Waals surface area contributed by atoms with E-state index in [9.17, 15) is 4.48 Å². The molecule has 3 aromatic rings. The first kappa shape index (κ1) is 12.2. The lowest BCUT2D eigenvalue weighted by molar-refractivity contribution is 0.385. The van der Waals surface area contributed by atoms with E-state index in [0.717, 1.165) is 21.0 Å². The van der Waals surface area contributed by atoms with Crippen LogP contribution in [0.1, 0.15) is 0 Å². The zero-order valence-corrected chi connectivity index (χ0v) is 11.7. The minimum Gasteiger partial charge on any atom is -0.496 e. The molecule has 0 aliphatic carbocycles. The summed E-state index contributed by atoms with van der Waals surface area (Å²) in [7, 11) is 1.60. The van der Waals surface area contributed by atoms with E-state index in [1.807, 2.05) is 30.3 Å². The van der Waals surface area contributed by atoms with Crippen molar-refractivity contribution < 1.29 is 9.22 Å². The molecule has 0 aliphatic rings. The SMILES string of the molecule is COc1ccccc1-c1cn(F)c2ncc(Br)cc12. The third-order valence-corrected chi connectivity index (χ3v) is 3.40. The summed E-state index contributed by atoms with van der Waals surface area (Å²) in [5.74, 6) is 0.704. The van der Waals surface area contributed by atoms with Crippen LogP contribution < -0.4 is 4.74 Å². The van der Waals surface area contributed by atoms with Gasteiger partial charge in [-0.05, 0) is 28.1 Å². The molecule has 96 valence electrons. The molecule has 0 aliphatic heterocycles. The first-order valence-electron chi connectivity index (χ1n) is 5.67. The van der Waals surface area contributed by atoms with E-state index in [0.29, 0.717) is 16.2 Å². The number of hydrogen-bond donors (Lipinski definition) is 0. The van der Waals surface area contributed by atoms with Gasteiger partial charge in [0.05, 0.1) is 7.11 Å². The zero-order chi connectivity index (χ0) is 13.4. The van der Waals surface area contributed by atoms with Gasteiger partial charge in [0.1, 0.15) is 5.75 Å². The Balaban J connectivity index is 2.33. The van der Waals surface area contributed by atoms with Crippen molar-refractivity contribution >= 4 is 27.0 Å². The summed E-state index contributed by atoms with van der Waals surface area (Å²) in [4.78, 5) is 4.61. The molecule has 5 heteroatoms. The average molecular weight is 321 g/mol. The minimum absolute atomic E-state index is 0.295. The average Bonchev–Trinajstić information content (AvgIpc) is 2.75. The largest absolute Gasteiger partial charge is 0.496 e. The number of halogens is 2. The molecule has 1 aromatic carbocycles. The van der Waals surface area contributed by atoms with E-state index in [-0.39, 0.29) is 0 Å². The molecule has 0 amide bonds. The number of ether oxygens (including phenoxy) is 1. The van der Waals surface area contributed by atoms with E-state index in [1.165, 1.54) is 6.20 Å². The van der Waals surface area contributed by atoms with Crippen LogP contribution in [0.25, 0.3) is 22.2 Å². The third kappa shape index (κ3) is 2.00. The molecule has 0 atom stereocenters. The van der Waals surface area contributed by atoms with Gasteiger partial charge in [0.2, 0.25) is 0 Å². The van der Waals surface area contributed by atoms with Crippen LogP contribution in [0.5, 0.6) is 5.75 Å². The molecule has 3 nitrogen and oxygen atoms in total. The highest BCUT2D eigenvalue weighted by Crippen LogP contribution is 2.36. The van der Waals surface area contributed by atoms with Gasteiger partial charge in [0.25, 0.3) is 0 Å². The molecule has 0 radical (unpaired) electrons. The summed E-state index contributed by atoms with van der Waals surface area (Å²) in [5.41, 5.74) is 1.89. The van der Waals surface area contributed by atoms with Crippen molar-refractivity contribution in [1.29, 1.82) is 0 Å². The van der Waals surface area contributed by atoms with Crippen molar-refractivity contribution in [2.45, 2.75) is 0 Å². The second kappa shape index (κ2) is 4.66. The quantitative estimate of drug-likeness (QED) is 0.707. The van der Waals surface area contributed by atoms with Crippen LogP contribution in [0.15, 0.2) is 47.2 Å². The van der Waals surface area contributed by atoms with Crippen molar-refractivity contribution in [2.75, 3.05) is 7.11 Å². The predicted molar refractivity (Wildman–Crippen MR) is 75.9 cm³/mol. The van der Waals surface area contributed by atoms with Crippen molar-refractivity contribution in [3.63, 3.8) is 0 Å². The van der Waals surface area contributed by atoms with Gasteiger partial charge in [-0.1, -0.05) is 22.7 Å². The molecular formula is C14H10BrFN2O. The summed E-state index contributed by atoms with van der Waals surface area (Å²) in [6.07, 6.45) is 2.99. The Kier molecular flexibility index (Phi) is 2.98. The fourth-order valence-electron chi connectivity index (χ4n) is 2.13. The molecule has 0 unspecified atom stereocenters. The van der Waals surface area contributed by atoms with Crippen LogP contribution in [0.3, 0.4) is 0 Å². The van der Waals surface area contributed by atoms with Crippen LogP contribution in [-0.4, -0.2) is 16.9 Å². The molecule has 0 bridgehead atoms. The Hall–Kier alpha value is -1.88. The Morgan fingerprint density at radius 2 is 2.05 bits per heavy atom. The lowest BCUT2D eigenvalue weighted by Crippen LogP contribution is -1.86. The summed E-state index contributed by atoms with van der Waals surface area (Å²) < 4.78 is 20.0. The Labute approximate surface area is 117 Å². The molecule has 19 heavy (non-hydrogen) atoms. The monoisotopic (exact) mass is 320 g/mol. The number of para-hydroxylation sites is 1. The maximum Gasteiger partial charge on any atom is 0.170 e. The summed E-state index contributed by atoms with van der Waals surface area (Å²) in [5, 5.41) is 0.737. The summed E-state index contributed by atoms with van der Waals surface area (Å²) >= 11 is 3.36. The summed E-state index contributed by atoms with van der Waals surface area (Å²) in [6, 6.07) is 9.37. The maximum absolute atomic E-state index is 13.9. The predicted octanol–water partition coefficient (Wildman–Crippen LogP) is 4.21. The Morgan fingerprint density at radius 3 is 2.84 bits per heavy atom. The highest BCUT2D eigenvalue weighted by atomic mass is 79.9. The van der Waals surface area contributed by atoms with Crippen LogP contribution in [-0.2, 0) is 0 Å². The third-order valence-electron chi connectivity index (χ3n) is 2.97. The number of benzene rings is 1. The molecule has 3 rings (SSSR count). The minimum atomic E-state index is 0.295. The van der Waals surface area contributed by atoms with Gasteiger partial charge in [0, 0.05) is 33.4 Å². The smallest absolute Gasteiger partial charge is 0.170 e. The van der Waals surface area contributed by atoms with Gasteiger partial charge in [-0.25, -0.2) is 4.98 Å². The molecule has 0 N–H and O–H groups in total. The van der Waals surface area contributed by atoms with Gasteiger partial charge in [-0.3, -0.25) is 0 Å².